The van der Waals surface area contributed by atoms with Crippen LogP contribution in [0.4, 0.5) is 0 Å². The monoisotopic (exact) mass is 409 g/mol. The second kappa shape index (κ2) is 8.10. The van der Waals surface area contributed by atoms with Crippen molar-refractivity contribution in [1.82, 2.24) is 14.5 Å². The maximum absolute atomic E-state index is 13.0. The first-order chi connectivity index (χ1) is 13.6. The van der Waals surface area contributed by atoms with Gasteiger partial charge >= 0.3 is 0 Å². The fourth-order valence-corrected chi connectivity index (χ4v) is 4.81. The van der Waals surface area contributed by atoms with Gasteiger partial charge in [-0.25, -0.2) is 13.1 Å². The minimum absolute atomic E-state index is 0.186. The van der Waals surface area contributed by atoms with Crippen molar-refractivity contribution in [2.45, 2.75) is 18.0 Å². The van der Waals surface area contributed by atoms with Crippen LogP contribution in [-0.4, -0.2) is 18.2 Å². The van der Waals surface area contributed by atoms with Crippen LogP contribution in [0.1, 0.15) is 10.4 Å². The summed E-state index contributed by atoms with van der Waals surface area (Å²) in [7, 11) is -3.71. The lowest BCUT2D eigenvalue weighted by molar-refractivity contribution is 0.581. The van der Waals surface area contributed by atoms with Gasteiger partial charge in [0.2, 0.25) is 10.0 Å². The van der Waals surface area contributed by atoms with Crippen LogP contribution in [0.3, 0.4) is 0 Å². The van der Waals surface area contributed by atoms with Crippen molar-refractivity contribution in [3.05, 3.63) is 94.8 Å². The molecule has 0 aliphatic carbocycles. The third-order valence-corrected chi connectivity index (χ3v) is 6.55. The van der Waals surface area contributed by atoms with Crippen LogP contribution in [0.25, 0.3) is 11.3 Å². The molecule has 1 N–H and O–H groups in total. The first-order valence-corrected chi connectivity index (χ1v) is 11.2. The summed E-state index contributed by atoms with van der Waals surface area (Å²) in [6.07, 6.45) is 1.60. The summed E-state index contributed by atoms with van der Waals surface area (Å²) >= 11 is 1.52. The smallest absolute Gasteiger partial charge is 0.244 e. The molecule has 0 fully saturated rings. The Balaban J connectivity index is 1.69. The molecule has 5 nitrogen and oxygen atoms in total. The van der Waals surface area contributed by atoms with Gasteiger partial charge < -0.3 is 0 Å². The molecule has 0 saturated carbocycles. The van der Waals surface area contributed by atoms with Crippen LogP contribution >= 0.6 is 11.3 Å². The van der Waals surface area contributed by atoms with Crippen LogP contribution in [0, 0.1) is 0 Å². The zero-order chi connectivity index (χ0) is 19.4. The van der Waals surface area contributed by atoms with Gasteiger partial charge in [0.1, 0.15) is 10.6 Å². The van der Waals surface area contributed by atoms with Crippen molar-refractivity contribution in [3.8, 4) is 11.3 Å². The van der Waals surface area contributed by atoms with E-state index in [1.54, 1.807) is 10.9 Å². The number of aromatic nitrogens is 2. The summed E-state index contributed by atoms with van der Waals surface area (Å²) in [5.74, 6) is 0. The largest absolute Gasteiger partial charge is 0.266 e. The van der Waals surface area contributed by atoms with Gasteiger partial charge in [0, 0.05) is 23.2 Å². The highest BCUT2D eigenvalue weighted by molar-refractivity contribution is 7.89. The molecule has 0 saturated heterocycles. The quantitative estimate of drug-likeness (QED) is 0.499. The Morgan fingerprint density at radius 3 is 2.32 bits per heavy atom. The molecule has 0 aliphatic rings. The highest BCUT2D eigenvalue weighted by Gasteiger charge is 2.23. The van der Waals surface area contributed by atoms with Gasteiger partial charge in [-0.15, -0.1) is 11.3 Å². The van der Waals surface area contributed by atoms with Crippen molar-refractivity contribution in [2.75, 3.05) is 0 Å². The van der Waals surface area contributed by atoms with Gasteiger partial charge in [-0.05, 0) is 17.0 Å². The Labute approximate surface area is 168 Å². The van der Waals surface area contributed by atoms with Crippen molar-refractivity contribution in [1.29, 1.82) is 0 Å². The number of benzene rings is 2. The minimum atomic E-state index is -3.71. The van der Waals surface area contributed by atoms with Crippen molar-refractivity contribution in [2.24, 2.45) is 0 Å². The molecule has 0 aliphatic heterocycles. The average molecular weight is 410 g/mol. The zero-order valence-electron chi connectivity index (χ0n) is 15.0. The Morgan fingerprint density at radius 1 is 0.929 bits per heavy atom. The number of sulfonamides is 1. The highest BCUT2D eigenvalue weighted by Crippen LogP contribution is 2.26. The van der Waals surface area contributed by atoms with Gasteiger partial charge in [0.25, 0.3) is 0 Å². The molecule has 0 unspecified atom stereocenters. The first kappa shape index (κ1) is 18.6. The molecule has 4 rings (SSSR count). The van der Waals surface area contributed by atoms with E-state index in [0.29, 0.717) is 12.2 Å². The van der Waals surface area contributed by atoms with E-state index in [1.165, 1.54) is 11.3 Å². The van der Waals surface area contributed by atoms with Gasteiger partial charge in [-0.2, -0.15) is 5.10 Å². The van der Waals surface area contributed by atoms with E-state index >= 15 is 0 Å². The predicted molar refractivity (Wildman–Crippen MR) is 112 cm³/mol. The predicted octanol–water partition coefficient (Wildman–Crippen LogP) is 4.14. The number of hydrogen-bond donors (Lipinski definition) is 1. The Kier molecular flexibility index (Phi) is 5.38. The molecule has 2 aromatic carbocycles. The van der Waals surface area contributed by atoms with E-state index in [-0.39, 0.29) is 11.4 Å². The third kappa shape index (κ3) is 4.22. The number of thiophene rings is 1. The molecule has 2 heterocycles. The maximum atomic E-state index is 13.0. The molecule has 0 bridgehead atoms. The summed E-state index contributed by atoms with van der Waals surface area (Å²) in [4.78, 5) is 1.15. The first-order valence-electron chi connectivity index (χ1n) is 8.81. The molecule has 4 aromatic rings. The van der Waals surface area contributed by atoms with E-state index in [9.17, 15) is 8.42 Å². The van der Waals surface area contributed by atoms with Gasteiger partial charge in [0.15, 0.2) is 0 Å². The van der Waals surface area contributed by atoms with Crippen LogP contribution in [0.15, 0.2) is 89.3 Å². The SMILES string of the molecule is O=S(=O)(NCc1cccs1)c1cn(Cc2ccccc2)nc1-c1ccccc1. The van der Waals surface area contributed by atoms with Gasteiger partial charge in [-0.3, -0.25) is 4.68 Å². The number of nitrogens with one attached hydrogen (secondary N) is 1. The molecular formula is C21H19N3O2S2. The fraction of sp³-hybridized carbons (Fsp3) is 0.0952. The van der Waals surface area contributed by atoms with Crippen LogP contribution in [0.5, 0.6) is 0 Å². The number of hydrogen-bond acceptors (Lipinski definition) is 4. The molecule has 0 radical (unpaired) electrons. The zero-order valence-corrected chi connectivity index (χ0v) is 16.7. The van der Waals surface area contributed by atoms with E-state index in [2.05, 4.69) is 9.82 Å². The molecule has 7 heteroatoms. The van der Waals surface area contributed by atoms with Crippen molar-refractivity contribution >= 4 is 21.4 Å². The van der Waals surface area contributed by atoms with Crippen molar-refractivity contribution in [3.63, 3.8) is 0 Å². The molecule has 0 atom stereocenters. The Morgan fingerprint density at radius 2 is 1.64 bits per heavy atom. The third-order valence-electron chi connectivity index (χ3n) is 4.27. The summed E-state index contributed by atoms with van der Waals surface area (Å²) in [5, 5.41) is 6.51. The van der Waals surface area contributed by atoms with E-state index in [4.69, 9.17) is 0 Å². The van der Waals surface area contributed by atoms with E-state index in [1.807, 2.05) is 78.2 Å². The molecule has 28 heavy (non-hydrogen) atoms. The highest BCUT2D eigenvalue weighted by atomic mass is 32.2. The summed E-state index contributed by atoms with van der Waals surface area (Å²) < 4.78 is 30.4. The minimum Gasteiger partial charge on any atom is -0.266 e. The van der Waals surface area contributed by atoms with Crippen LogP contribution in [0.2, 0.25) is 0 Å². The Hall–Kier alpha value is -2.74. The summed E-state index contributed by atoms with van der Waals surface area (Å²) in [6.45, 7) is 0.763. The molecule has 0 amide bonds. The van der Waals surface area contributed by atoms with E-state index in [0.717, 1.165) is 16.0 Å². The number of rotatable bonds is 7. The average Bonchev–Trinajstić information content (AvgIpc) is 3.38. The lowest BCUT2D eigenvalue weighted by Gasteiger charge is -2.06. The van der Waals surface area contributed by atoms with Crippen LogP contribution in [-0.2, 0) is 23.1 Å². The lowest BCUT2D eigenvalue weighted by atomic mass is 10.2. The Bertz CT molecular complexity index is 1140. The molecular weight excluding hydrogens is 390 g/mol. The molecule has 0 spiro atoms. The lowest BCUT2D eigenvalue weighted by Crippen LogP contribution is -2.23. The standard InChI is InChI=1S/C21H19N3O2S2/c25-28(26,22-14-19-12-7-13-27-19)20-16-24(15-17-8-3-1-4-9-17)23-21(20)18-10-5-2-6-11-18/h1-13,16,22H,14-15H2. The normalized spacial score (nSPS) is 11.6. The fourth-order valence-electron chi connectivity index (χ4n) is 2.90. The summed E-state index contributed by atoms with van der Waals surface area (Å²) in [5.41, 5.74) is 2.28. The number of nitrogens with zero attached hydrogens (tertiary/aromatic N) is 2. The molecule has 2 aromatic heterocycles. The topological polar surface area (TPSA) is 64.0 Å². The summed E-state index contributed by atoms with van der Waals surface area (Å²) in [6, 6.07) is 23.0. The maximum Gasteiger partial charge on any atom is 0.244 e. The van der Waals surface area contributed by atoms with E-state index < -0.39 is 10.0 Å². The van der Waals surface area contributed by atoms with Crippen LogP contribution < -0.4 is 4.72 Å². The second-order valence-corrected chi connectivity index (χ2v) is 9.06. The van der Waals surface area contributed by atoms with Gasteiger partial charge in [-0.1, -0.05) is 66.7 Å². The molecule has 142 valence electrons. The van der Waals surface area contributed by atoms with Gasteiger partial charge in [0.05, 0.1) is 6.54 Å². The van der Waals surface area contributed by atoms with Crippen molar-refractivity contribution < 1.29 is 8.42 Å². The second-order valence-electron chi connectivity index (χ2n) is 6.30.